The van der Waals surface area contributed by atoms with Gasteiger partial charge in [0.05, 0.1) is 17.6 Å². The fourth-order valence-corrected chi connectivity index (χ4v) is 8.92. The van der Waals surface area contributed by atoms with Crippen molar-refractivity contribution in [3.8, 4) is 6.01 Å². The molecule has 2 unspecified atom stereocenters. The Balaban J connectivity index is 1.59. The van der Waals surface area contributed by atoms with E-state index in [2.05, 4.69) is 20.3 Å². The molecule has 8 nitrogen and oxygen atoms in total. The topological polar surface area (TPSA) is 85.2 Å². The Morgan fingerprint density at radius 1 is 1.10 bits per heavy atom. The van der Waals surface area contributed by atoms with Crippen LogP contribution in [-0.4, -0.2) is 62.5 Å². The number of ether oxygens (including phenoxy) is 1. The molecule has 1 saturated heterocycles. The fraction of sp³-hybridized carbons (Fsp3) is 0.500. The van der Waals surface area contributed by atoms with Gasteiger partial charge in [0.2, 0.25) is 0 Å². The normalized spacial score (nSPS) is 26.9. The van der Waals surface area contributed by atoms with Crippen molar-refractivity contribution in [2.45, 2.75) is 74.8 Å². The van der Waals surface area contributed by atoms with E-state index >= 15 is 0 Å². The third-order valence-electron chi connectivity index (χ3n) is 7.82. The van der Waals surface area contributed by atoms with Gasteiger partial charge in [0, 0.05) is 66.4 Å². The van der Waals surface area contributed by atoms with Gasteiger partial charge in [-0.3, -0.25) is 4.57 Å². The highest BCUT2D eigenvalue weighted by atomic mass is 32.2. The first kappa shape index (κ1) is 28.8. The molecule has 1 fully saturated rings. The van der Waals surface area contributed by atoms with Crippen LogP contribution in [-0.2, 0) is 12.7 Å². The van der Waals surface area contributed by atoms with E-state index in [9.17, 15) is 26.7 Å². The maximum absolute atomic E-state index is 14.4. The second-order valence-corrected chi connectivity index (χ2v) is 13.5. The predicted octanol–water partition coefficient (Wildman–Crippen LogP) is 4.92. The Morgan fingerprint density at radius 2 is 1.81 bits per heavy atom. The highest BCUT2D eigenvalue weighted by Gasteiger charge is 2.39. The van der Waals surface area contributed by atoms with E-state index in [1.165, 1.54) is 23.0 Å². The lowest BCUT2D eigenvalue weighted by Crippen LogP contribution is -2.55. The van der Waals surface area contributed by atoms with E-state index in [1.54, 1.807) is 6.07 Å². The Labute approximate surface area is 241 Å². The molecular weight excluding hydrogens is 579 g/mol. The van der Waals surface area contributed by atoms with Gasteiger partial charge >= 0.3 is 17.9 Å². The monoisotopic (exact) mass is 610 g/mol. The SMILES string of the molecule is C[C@@H]1CN(c2nc(=O)n3c4c(cc(C(F)(F)F)cc24)[SH](C2=CCC(F)(F)CC2)CC(Oc2ncccn2)C3)C[C@H](C)N1. The summed E-state index contributed by atoms with van der Waals surface area (Å²) in [6.45, 7) is 4.83. The van der Waals surface area contributed by atoms with E-state index in [1.807, 2.05) is 18.7 Å². The summed E-state index contributed by atoms with van der Waals surface area (Å²) in [5.41, 5.74) is -1.13. The number of nitrogens with zero attached hydrogens (tertiary/aromatic N) is 5. The number of hydrogen-bond donors (Lipinski definition) is 2. The van der Waals surface area contributed by atoms with Crippen molar-refractivity contribution < 1.29 is 26.7 Å². The second-order valence-electron chi connectivity index (χ2n) is 11.2. The highest BCUT2D eigenvalue weighted by Crippen LogP contribution is 2.55. The van der Waals surface area contributed by atoms with Crippen LogP contribution >= 0.6 is 10.9 Å². The van der Waals surface area contributed by atoms with Crippen molar-refractivity contribution in [2.24, 2.45) is 0 Å². The van der Waals surface area contributed by atoms with Crippen LogP contribution in [0.3, 0.4) is 0 Å². The van der Waals surface area contributed by atoms with Crippen LogP contribution in [0.1, 0.15) is 38.7 Å². The molecular formula is C28H31F5N6O2S. The maximum Gasteiger partial charge on any atom is 0.416 e. The van der Waals surface area contributed by atoms with Crippen LogP contribution in [0.5, 0.6) is 6.01 Å². The van der Waals surface area contributed by atoms with E-state index in [-0.39, 0.29) is 48.0 Å². The van der Waals surface area contributed by atoms with E-state index in [0.29, 0.717) is 28.4 Å². The third-order valence-corrected chi connectivity index (χ3v) is 10.6. The summed E-state index contributed by atoms with van der Waals surface area (Å²) in [4.78, 5) is 29.1. The molecule has 0 bridgehead atoms. The molecule has 226 valence electrons. The van der Waals surface area contributed by atoms with E-state index in [4.69, 9.17) is 4.74 Å². The Bertz CT molecular complexity index is 1570. The average molecular weight is 611 g/mol. The van der Waals surface area contributed by atoms with Gasteiger partial charge in [0.1, 0.15) is 11.9 Å². The van der Waals surface area contributed by atoms with Crippen LogP contribution in [0.4, 0.5) is 27.8 Å². The molecule has 1 N–H and O–H groups in total. The lowest BCUT2D eigenvalue weighted by molar-refractivity contribution is -0.137. The Hall–Kier alpha value is -3.26. The Morgan fingerprint density at radius 3 is 2.45 bits per heavy atom. The van der Waals surface area contributed by atoms with Crippen LogP contribution < -0.4 is 20.6 Å². The molecule has 42 heavy (non-hydrogen) atoms. The van der Waals surface area contributed by atoms with Gasteiger partial charge in [-0.25, -0.2) is 23.5 Å². The fourth-order valence-electron chi connectivity index (χ4n) is 6.09. The van der Waals surface area contributed by atoms with E-state index < -0.39 is 53.2 Å². The summed E-state index contributed by atoms with van der Waals surface area (Å²) in [7, 11) is -1.59. The lowest BCUT2D eigenvalue weighted by Gasteiger charge is -2.37. The summed E-state index contributed by atoms with van der Waals surface area (Å²) in [6, 6.07) is 3.86. The largest absolute Gasteiger partial charge is 0.457 e. The number of nitrogens with one attached hydrogen (secondary N) is 1. The first-order valence-electron chi connectivity index (χ1n) is 13.8. The molecule has 0 spiro atoms. The van der Waals surface area contributed by atoms with Gasteiger partial charge in [-0.1, -0.05) is 6.08 Å². The van der Waals surface area contributed by atoms with Crippen molar-refractivity contribution in [3.05, 3.63) is 57.6 Å². The van der Waals surface area contributed by atoms with Gasteiger partial charge in [-0.2, -0.15) is 29.1 Å². The number of aromatic nitrogens is 4. The zero-order valence-electron chi connectivity index (χ0n) is 23.0. The smallest absolute Gasteiger partial charge is 0.416 e. The van der Waals surface area contributed by atoms with Gasteiger partial charge in [0.15, 0.2) is 0 Å². The quantitative estimate of drug-likeness (QED) is 0.321. The number of hydrogen-bond acceptors (Lipinski definition) is 7. The highest BCUT2D eigenvalue weighted by molar-refractivity contribution is 8.20. The minimum atomic E-state index is -4.68. The molecule has 2 aromatic heterocycles. The van der Waals surface area contributed by atoms with Crippen LogP contribution in [0.2, 0.25) is 0 Å². The molecule has 14 heteroatoms. The number of halogens is 5. The van der Waals surface area contributed by atoms with Crippen molar-refractivity contribution in [1.82, 2.24) is 24.8 Å². The molecule has 3 aliphatic rings. The summed E-state index contributed by atoms with van der Waals surface area (Å²) in [5, 5.41) is 3.61. The van der Waals surface area contributed by atoms with Crippen molar-refractivity contribution in [3.63, 3.8) is 0 Å². The molecule has 6 rings (SSSR count). The molecule has 1 aromatic carbocycles. The van der Waals surface area contributed by atoms with Crippen LogP contribution in [0.15, 0.2) is 51.3 Å². The molecule has 4 atom stereocenters. The van der Waals surface area contributed by atoms with Gasteiger partial charge in [-0.15, -0.1) is 0 Å². The average Bonchev–Trinajstić information content (AvgIpc) is 3.08. The molecule has 0 amide bonds. The van der Waals surface area contributed by atoms with Gasteiger partial charge < -0.3 is 15.0 Å². The number of benzene rings is 1. The Kier molecular flexibility index (Phi) is 7.40. The van der Waals surface area contributed by atoms with Crippen molar-refractivity contribution in [1.29, 1.82) is 0 Å². The molecule has 0 radical (unpaired) electrons. The van der Waals surface area contributed by atoms with E-state index in [0.717, 1.165) is 12.1 Å². The first-order valence-corrected chi connectivity index (χ1v) is 15.4. The minimum Gasteiger partial charge on any atom is -0.457 e. The van der Waals surface area contributed by atoms with Crippen molar-refractivity contribution >= 4 is 27.6 Å². The number of rotatable bonds is 4. The third kappa shape index (κ3) is 5.70. The number of alkyl halides is 5. The zero-order valence-corrected chi connectivity index (χ0v) is 23.9. The number of thiol groups is 1. The summed E-state index contributed by atoms with van der Waals surface area (Å²) in [6.07, 6.45) is -1.77. The molecule has 1 aliphatic carbocycles. The molecule has 4 heterocycles. The number of allylic oxidation sites excluding steroid dienone is 2. The lowest BCUT2D eigenvalue weighted by atomic mass is 10.0. The second kappa shape index (κ2) is 10.8. The zero-order chi connectivity index (χ0) is 29.8. The van der Waals surface area contributed by atoms with Gasteiger partial charge in [-0.05, 0) is 43.4 Å². The molecule has 0 saturated carbocycles. The molecule has 3 aromatic rings. The van der Waals surface area contributed by atoms with Crippen LogP contribution in [0, 0.1) is 0 Å². The predicted molar refractivity (Wildman–Crippen MR) is 151 cm³/mol. The summed E-state index contributed by atoms with van der Waals surface area (Å²) < 4.78 is 79.0. The van der Waals surface area contributed by atoms with Crippen molar-refractivity contribution in [2.75, 3.05) is 23.7 Å². The molecule has 2 aliphatic heterocycles. The summed E-state index contributed by atoms with van der Waals surface area (Å²) in [5.74, 6) is -2.47. The minimum absolute atomic E-state index is 0.00410. The van der Waals surface area contributed by atoms with Crippen LogP contribution in [0.25, 0.3) is 10.9 Å². The summed E-state index contributed by atoms with van der Waals surface area (Å²) >= 11 is 0. The number of piperazine rings is 1. The first-order chi connectivity index (χ1) is 19.9. The number of anilines is 1. The standard InChI is InChI=1S/C28H31F5N6O2S/c1-16-12-38(13-17(2)36-16)24-21-10-18(28(31,32)33)11-22-23(21)39(26(40)37-24)14-19(41-25-34-8-3-9-35-25)15-42(22)20-4-6-27(29,30)7-5-20/h3-4,8-11,16-17,19,36,42H,5-7,12-15H2,1-2H3/t16-,17+,19?. The maximum atomic E-state index is 14.4. The van der Waals surface area contributed by atoms with Gasteiger partial charge in [0.25, 0.3) is 5.92 Å².